The zero-order valence-corrected chi connectivity index (χ0v) is 10.1. The van der Waals surface area contributed by atoms with Gasteiger partial charge in [0.15, 0.2) is 0 Å². The number of halogens is 1. The molecule has 0 spiro atoms. The molecule has 0 aliphatic heterocycles. The quantitative estimate of drug-likeness (QED) is 0.648. The molecule has 0 N–H and O–H groups in total. The molecule has 3 heteroatoms. The van der Waals surface area contributed by atoms with E-state index in [1.807, 2.05) is 25.7 Å². The van der Waals surface area contributed by atoms with Gasteiger partial charge < -0.3 is 4.90 Å². The number of hydrogen-bond donors (Lipinski definition) is 0. The molecule has 0 heterocycles. The maximum Gasteiger partial charge on any atom is 0.229 e. The Labute approximate surface area is 91.6 Å². The van der Waals surface area contributed by atoms with Crippen LogP contribution in [0.4, 0.5) is 0 Å². The predicted molar refractivity (Wildman–Crippen MR) is 59.5 cm³/mol. The molecule has 0 radical (unpaired) electrons. The van der Waals surface area contributed by atoms with Gasteiger partial charge in [0.05, 0.1) is 5.41 Å². The van der Waals surface area contributed by atoms with Crippen molar-refractivity contribution in [3.63, 3.8) is 0 Å². The minimum absolute atomic E-state index is 0.196. The van der Waals surface area contributed by atoms with Crippen LogP contribution in [-0.2, 0) is 4.79 Å². The van der Waals surface area contributed by atoms with Crippen LogP contribution in [0.25, 0.3) is 0 Å². The van der Waals surface area contributed by atoms with Gasteiger partial charge in [-0.3, -0.25) is 4.79 Å². The van der Waals surface area contributed by atoms with Crippen molar-refractivity contribution >= 4 is 17.5 Å². The van der Waals surface area contributed by atoms with Crippen LogP contribution in [-0.4, -0.2) is 29.8 Å². The number of hydrogen-bond acceptors (Lipinski definition) is 1. The highest BCUT2D eigenvalue weighted by Gasteiger charge is 2.33. The first-order valence-corrected chi connectivity index (χ1v) is 5.90. The van der Waals surface area contributed by atoms with E-state index in [1.54, 1.807) is 0 Å². The lowest BCUT2D eigenvalue weighted by Crippen LogP contribution is -2.42. The summed E-state index contributed by atoms with van der Waals surface area (Å²) in [7, 11) is 0. The Morgan fingerprint density at radius 2 is 2.07 bits per heavy atom. The maximum atomic E-state index is 12.0. The molecule has 0 aromatic heterocycles. The molecule has 1 saturated carbocycles. The van der Waals surface area contributed by atoms with Crippen molar-refractivity contribution in [2.45, 2.75) is 33.6 Å². The summed E-state index contributed by atoms with van der Waals surface area (Å²) < 4.78 is 0. The smallest absolute Gasteiger partial charge is 0.229 e. The molecular formula is C11H20ClNO. The number of alkyl halides is 1. The first-order valence-electron chi connectivity index (χ1n) is 5.36. The van der Waals surface area contributed by atoms with E-state index in [0.29, 0.717) is 5.88 Å². The standard InChI is InChI=1S/C11H20ClNO/c1-4-13(7-9-5-6-9)10(14)11(2,3)8-12/h9H,4-8H2,1-3H3. The second-order valence-electron chi connectivity index (χ2n) is 4.80. The van der Waals surface area contributed by atoms with Crippen LogP contribution in [0.1, 0.15) is 33.6 Å². The Kier molecular flexibility index (Phi) is 3.82. The van der Waals surface area contributed by atoms with Gasteiger partial charge in [-0.2, -0.15) is 0 Å². The van der Waals surface area contributed by atoms with Crippen LogP contribution in [0.3, 0.4) is 0 Å². The third-order valence-electron chi connectivity index (χ3n) is 2.76. The third-order valence-corrected chi connectivity index (χ3v) is 3.43. The molecule has 0 bridgehead atoms. The highest BCUT2D eigenvalue weighted by Crippen LogP contribution is 2.31. The number of nitrogens with zero attached hydrogens (tertiary/aromatic N) is 1. The van der Waals surface area contributed by atoms with Crippen molar-refractivity contribution in [3.05, 3.63) is 0 Å². The monoisotopic (exact) mass is 217 g/mol. The molecule has 1 aliphatic rings. The first kappa shape index (κ1) is 11.8. The van der Waals surface area contributed by atoms with E-state index in [1.165, 1.54) is 12.8 Å². The van der Waals surface area contributed by atoms with Crippen molar-refractivity contribution in [2.75, 3.05) is 19.0 Å². The van der Waals surface area contributed by atoms with Crippen LogP contribution >= 0.6 is 11.6 Å². The average Bonchev–Trinajstić information content (AvgIpc) is 2.96. The average molecular weight is 218 g/mol. The normalized spacial score (nSPS) is 16.9. The van der Waals surface area contributed by atoms with E-state index in [9.17, 15) is 4.79 Å². The van der Waals surface area contributed by atoms with Crippen LogP contribution in [0.5, 0.6) is 0 Å². The van der Waals surface area contributed by atoms with E-state index in [4.69, 9.17) is 11.6 Å². The fourth-order valence-corrected chi connectivity index (χ4v) is 1.57. The van der Waals surface area contributed by atoms with Gasteiger partial charge in [0.1, 0.15) is 0 Å². The minimum atomic E-state index is -0.410. The Morgan fingerprint density at radius 1 is 1.50 bits per heavy atom. The van der Waals surface area contributed by atoms with Gasteiger partial charge in [-0.05, 0) is 39.5 Å². The highest BCUT2D eigenvalue weighted by atomic mass is 35.5. The van der Waals surface area contributed by atoms with E-state index < -0.39 is 5.41 Å². The first-order chi connectivity index (χ1) is 6.51. The number of rotatable bonds is 5. The third kappa shape index (κ3) is 2.88. The lowest BCUT2D eigenvalue weighted by atomic mass is 9.94. The summed E-state index contributed by atoms with van der Waals surface area (Å²) in [5.41, 5.74) is -0.410. The summed E-state index contributed by atoms with van der Waals surface area (Å²) in [5, 5.41) is 0. The molecule has 14 heavy (non-hydrogen) atoms. The Balaban J connectivity index is 2.53. The fraction of sp³-hybridized carbons (Fsp3) is 0.909. The highest BCUT2D eigenvalue weighted by molar-refractivity contribution is 6.19. The largest absolute Gasteiger partial charge is 0.342 e. The zero-order valence-electron chi connectivity index (χ0n) is 9.35. The lowest BCUT2D eigenvalue weighted by Gasteiger charge is -2.29. The lowest BCUT2D eigenvalue weighted by molar-refractivity contribution is -0.139. The molecule has 0 saturated heterocycles. The molecule has 1 fully saturated rings. The SMILES string of the molecule is CCN(CC1CC1)C(=O)C(C)(C)CCl. The van der Waals surface area contributed by atoms with Crippen molar-refractivity contribution in [1.29, 1.82) is 0 Å². The molecule has 0 unspecified atom stereocenters. The molecule has 1 rings (SSSR count). The Bertz CT molecular complexity index is 211. The van der Waals surface area contributed by atoms with Gasteiger partial charge in [-0.15, -0.1) is 11.6 Å². The van der Waals surface area contributed by atoms with E-state index >= 15 is 0 Å². The van der Waals surface area contributed by atoms with Gasteiger partial charge >= 0.3 is 0 Å². The van der Waals surface area contributed by atoms with E-state index in [-0.39, 0.29) is 5.91 Å². The van der Waals surface area contributed by atoms with Crippen molar-refractivity contribution in [2.24, 2.45) is 11.3 Å². The summed E-state index contributed by atoms with van der Waals surface area (Å²) in [6.45, 7) is 7.59. The van der Waals surface area contributed by atoms with Crippen LogP contribution in [0, 0.1) is 11.3 Å². The molecule has 0 atom stereocenters. The van der Waals surface area contributed by atoms with Gasteiger partial charge in [0.25, 0.3) is 0 Å². The molecule has 1 aliphatic carbocycles. The van der Waals surface area contributed by atoms with Gasteiger partial charge in [0, 0.05) is 19.0 Å². The second kappa shape index (κ2) is 4.52. The summed E-state index contributed by atoms with van der Waals surface area (Å²) in [6, 6.07) is 0. The molecule has 0 aromatic carbocycles. The second-order valence-corrected chi connectivity index (χ2v) is 5.07. The molecule has 82 valence electrons. The Morgan fingerprint density at radius 3 is 2.43 bits per heavy atom. The number of carbonyl (C=O) groups excluding carboxylic acids is 1. The summed E-state index contributed by atoms with van der Waals surface area (Å²) in [4.78, 5) is 14.0. The molecule has 0 aromatic rings. The van der Waals surface area contributed by atoms with Crippen molar-refractivity contribution in [3.8, 4) is 0 Å². The topological polar surface area (TPSA) is 20.3 Å². The van der Waals surface area contributed by atoms with Crippen LogP contribution in [0.2, 0.25) is 0 Å². The van der Waals surface area contributed by atoms with Gasteiger partial charge in [-0.25, -0.2) is 0 Å². The molecule has 1 amide bonds. The van der Waals surface area contributed by atoms with Gasteiger partial charge in [0.2, 0.25) is 5.91 Å². The summed E-state index contributed by atoms with van der Waals surface area (Å²) in [6.07, 6.45) is 2.57. The summed E-state index contributed by atoms with van der Waals surface area (Å²) in [5.74, 6) is 1.35. The van der Waals surface area contributed by atoms with Gasteiger partial charge in [-0.1, -0.05) is 0 Å². The summed E-state index contributed by atoms with van der Waals surface area (Å²) >= 11 is 5.79. The zero-order chi connectivity index (χ0) is 10.8. The minimum Gasteiger partial charge on any atom is -0.342 e. The van der Waals surface area contributed by atoms with E-state index in [2.05, 4.69) is 0 Å². The van der Waals surface area contributed by atoms with Crippen molar-refractivity contribution in [1.82, 2.24) is 4.90 Å². The van der Waals surface area contributed by atoms with E-state index in [0.717, 1.165) is 19.0 Å². The fourth-order valence-electron chi connectivity index (χ4n) is 1.45. The number of amides is 1. The Hall–Kier alpha value is -0.240. The number of carbonyl (C=O) groups is 1. The van der Waals surface area contributed by atoms with Crippen LogP contribution < -0.4 is 0 Å². The maximum absolute atomic E-state index is 12.0. The molecular weight excluding hydrogens is 198 g/mol. The van der Waals surface area contributed by atoms with Crippen LogP contribution in [0.15, 0.2) is 0 Å². The van der Waals surface area contributed by atoms with Crippen molar-refractivity contribution < 1.29 is 4.79 Å². The predicted octanol–water partition coefficient (Wildman–Crippen LogP) is 2.51. The molecule has 2 nitrogen and oxygen atoms in total.